The van der Waals surface area contributed by atoms with Gasteiger partial charge in [-0.15, -0.1) is 0 Å². The topological polar surface area (TPSA) is 66.8 Å². The second-order valence-corrected chi connectivity index (χ2v) is 6.08. The van der Waals surface area contributed by atoms with Gasteiger partial charge in [0.1, 0.15) is 12.3 Å². The molecule has 0 bridgehead atoms. The minimum atomic E-state index is -0.675. The highest BCUT2D eigenvalue weighted by atomic mass is 16.5. The molecule has 1 amide bonds. The molecule has 0 aromatic carbocycles. The second-order valence-electron chi connectivity index (χ2n) is 6.08. The average Bonchev–Trinajstić information content (AvgIpc) is 2.75. The number of hydrogen-bond donors (Lipinski definition) is 1. The Bertz CT molecular complexity index is 522. The number of hydrogen-bond acceptors (Lipinski definition) is 4. The van der Waals surface area contributed by atoms with Crippen molar-refractivity contribution in [3.05, 3.63) is 23.9 Å². The van der Waals surface area contributed by atoms with Crippen LogP contribution in [0.3, 0.4) is 0 Å². The van der Waals surface area contributed by atoms with Crippen LogP contribution < -0.4 is 0 Å². The van der Waals surface area contributed by atoms with Gasteiger partial charge < -0.3 is 14.7 Å². The van der Waals surface area contributed by atoms with E-state index in [2.05, 4.69) is 6.58 Å². The summed E-state index contributed by atoms with van der Waals surface area (Å²) in [7, 11) is 0. The molecule has 3 rings (SSSR count). The quantitative estimate of drug-likeness (QED) is 0.483. The lowest BCUT2D eigenvalue weighted by Crippen LogP contribution is -2.64. The Morgan fingerprint density at radius 2 is 2.33 bits per heavy atom. The largest absolute Gasteiger partial charge is 0.457 e. The standard InChI is InChI=1S/C16H21NO4/c1-3-8-21-16(20)14-11-7-5-4-6-10(11)13-12(9(2)18)15(19)17(13)14/h3,9-10,12-13,18H,1,4-8H2,2H3/t9-,10+,12-,13-/m1/s1. The molecule has 4 atom stereocenters. The molecule has 0 unspecified atom stereocenters. The van der Waals surface area contributed by atoms with Gasteiger partial charge in [0.2, 0.25) is 5.91 Å². The van der Waals surface area contributed by atoms with Crippen molar-refractivity contribution in [1.82, 2.24) is 4.90 Å². The molecule has 3 aliphatic rings. The third-order valence-corrected chi connectivity index (χ3v) is 4.85. The number of esters is 1. The maximum absolute atomic E-state index is 12.3. The number of aliphatic hydroxyl groups excluding tert-OH is 1. The highest BCUT2D eigenvalue weighted by molar-refractivity contribution is 6.00. The third-order valence-electron chi connectivity index (χ3n) is 4.85. The zero-order valence-electron chi connectivity index (χ0n) is 12.2. The number of carbonyl (C=O) groups excluding carboxylic acids is 2. The number of nitrogens with zero attached hydrogens (tertiary/aromatic N) is 1. The monoisotopic (exact) mass is 291 g/mol. The lowest BCUT2D eigenvalue weighted by molar-refractivity contribution is -0.164. The number of amides is 1. The predicted molar refractivity (Wildman–Crippen MR) is 75.9 cm³/mol. The maximum atomic E-state index is 12.3. The van der Waals surface area contributed by atoms with Gasteiger partial charge in [-0.1, -0.05) is 19.1 Å². The third kappa shape index (κ3) is 2.02. The van der Waals surface area contributed by atoms with Crippen LogP contribution in [-0.4, -0.2) is 40.6 Å². The van der Waals surface area contributed by atoms with E-state index in [9.17, 15) is 14.7 Å². The number of ether oxygens (including phenoxy) is 1. The van der Waals surface area contributed by atoms with E-state index in [1.165, 1.54) is 6.08 Å². The van der Waals surface area contributed by atoms with Gasteiger partial charge in [-0.2, -0.15) is 0 Å². The van der Waals surface area contributed by atoms with E-state index in [1.54, 1.807) is 11.8 Å². The van der Waals surface area contributed by atoms with E-state index >= 15 is 0 Å². The normalized spacial score (nSPS) is 32.2. The van der Waals surface area contributed by atoms with Crippen molar-refractivity contribution in [2.75, 3.05) is 6.61 Å². The summed E-state index contributed by atoms with van der Waals surface area (Å²) in [5.74, 6) is -0.755. The summed E-state index contributed by atoms with van der Waals surface area (Å²) in [6.45, 7) is 5.33. The molecule has 1 saturated heterocycles. The van der Waals surface area contributed by atoms with Crippen molar-refractivity contribution in [3.8, 4) is 0 Å². The zero-order valence-corrected chi connectivity index (χ0v) is 12.2. The van der Waals surface area contributed by atoms with E-state index in [1.807, 2.05) is 0 Å². The fourth-order valence-electron chi connectivity index (χ4n) is 4.01. The molecule has 2 fully saturated rings. The molecule has 1 aliphatic carbocycles. The number of β-lactam (4-membered cyclic amide) rings is 1. The Morgan fingerprint density at radius 3 is 3.00 bits per heavy atom. The van der Waals surface area contributed by atoms with Crippen molar-refractivity contribution in [2.45, 2.75) is 44.8 Å². The molecule has 2 heterocycles. The summed E-state index contributed by atoms with van der Waals surface area (Å²) in [4.78, 5) is 26.2. The molecule has 1 saturated carbocycles. The molecular formula is C16H21NO4. The molecule has 21 heavy (non-hydrogen) atoms. The van der Waals surface area contributed by atoms with E-state index < -0.39 is 12.1 Å². The minimum absolute atomic E-state index is 0.0564. The van der Waals surface area contributed by atoms with Crippen molar-refractivity contribution in [1.29, 1.82) is 0 Å². The van der Waals surface area contributed by atoms with E-state index in [0.717, 1.165) is 31.3 Å². The highest BCUT2D eigenvalue weighted by Gasteiger charge is 2.61. The van der Waals surface area contributed by atoms with Crippen LogP contribution in [0.4, 0.5) is 0 Å². The maximum Gasteiger partial charge on any atom is 0.355 e. The lowest BCUT2D eigenvalue weighted by Gasteiger charge is -2.47. The van der Waals surface area contributed by atoms with Crippen LogP contribution in [0.25, 0.3) is 0 Å². The first-order valence-corrected chi connectivity index (χ1v) is 7.60. The number of rotatable bonds is 4. The molecule has 2 aliphatic heterocycles. The Hall–Kier alpha value is -1.62. The first-order chi connectivity index (χ1) is 10.1. The Morgan fingerprint density at radius 1 is 1.57 bits per heavy atom. The van der Waals surface area contributed by atoms with Crippen LogP contribution in [0.15, 0.2) is 23.9 Å². The van der Waals surface area contributed by atoms with Gasteiger partial charge in [-0.25, -0.2) is 4.79 Å². The fourth-order valence-corrected chi connectivity index (χ4v) is 4.01. The second kappa shape index (κ2) is 5.30. The van der Waals surface area contributed by atoms with Crippen LogP contribution in [0.1, 0.15) is 32.6 Å². The summed E-state index contributed by atoms with van der Waals surface area (Å²) in [5, 5.41) is 9.85. The molecule has 5 nitrogen and oxygen atoms in total. The van der Waals surface area contributed by atoms with Crippen molar-refractivity contribution in [2.24, 2.45) is 11.8 Å². The zero-order chi connectivity index (χ0) is 15.1. The molecule has 114 valence electrons. The number of carbonyl (C=O) groups is 2. The molecule has 0 aromatic heterocycles. The van der Waals surface area contributed by atoms with Gasteiger partial charge in [-0.05, 0) is 31.8 Å². The van der Waals surface area contributed by atoms with Crippen LogP contribution in [0.2, 0.25) is 0 Å². The first kappa shape index (κ1) is 14.3. The summed E-state index contributed by atoms with van der Waals surface area (Å²) < 4.78 is 5.15. The molecule has 5 heteroatoms. The average molecular weight is 291 g/mol. The van der Waals surface area contributed by atoms with Crippen LogP contribution in [0, 0.1) is 11.8 Å². The van der Waals surface area contributed by atoms with E-state index in [0.29, 0.717) is 5.70 Å². The van der Waals surface area contributed by atoms with E-state index in [-0.39, 0.29) is 30.4 Å². The summed E-state index contributed by atoms with van der Waals surface area (Å²) in [6.07, 6.45) is 4.81. The SMILES string of the molecule is C=CCOC(=O)C1=C2CCCC[C@@H]2[C@@H]2[C@@H]([C@@H](C)O)C(=O)N12. The molecule has 1 N–H and O–H groups in total. The summed E-state index contributed by atoms with van der Waals surface area (Å²) >= 11 is 0. The molecule has 0 radical (unpaired) electrons. The molecule has 0 spiro atoms. The first-order valence-electron chi connectivity index (χ1n) is 7.60. The molecular weight excluding hydrogens is 270 g/mol. The van der Waals surface area contributed by atoms with Crippen molar-refractivity contribution >= 4 is 11.9 Å². The van der Waals surface area contributed by atoms with Gasteiger partial charge in [0.25, 0.3) is 0 Å². The van der Waals surface area contributed by atoms with Gasteiger partial charge >= 0.3 is 5.97 Å². The predicted octanol–water partition coefficient (Wildman–Crippen LogP) is 1.38. The lowest BCUT2D eigenvalue weighted by atomic mass is 9.72. The van der Waals surface area contributed by atoms with Crippen LogP contribution in [-0.2, 0) is 14.3 Å². The van der Waals surface area contributed by atoms with Gasteiger partial charge in [-0.3, -0.25) is 4.79 Å². The van der Waals surface area contributed by atoms with Gasteiger partial charge in [0.15, 0.2) is 0 Å². The van der Waals surface area contributed by atoms with Crippen LogP contribution >= 0.6 is 0 Å². The smallest absolute Gasteiger partial charge is 0.355 e. The Balaban J connectivity index is 1.92. The number of aliphatic hydroxyl groups is 1. The highest BCUT2D eigenvalue weighted by Crippen LogP contribution is 2.52. The number of fused-ring (bicyclic) bond motifs is 3. The van der Waals surface area contributed by atoms with Gasteiger partial charge in [0, 0.05) is 5.92 Å². The summed E-state index contributed by atoms with van der Waals surface area (Å²) in [5.41, 5.74) is 1.49. The van der Waals surface area contributed by atoms with Crippen molar-refractivity contribution in [3.63, 3.8) is 0 Å². The van der Waals surface area contributed by atoms with Crippen molar-refractivity contribution < 1.29 is 19.4 Å². The molecule has 0 aromatic rings. The minimum Gasteiger partial charge on any atom is -0.457 e. The fraction of sp³-hybridized carbons (Fsp3) is 0.625. The van der Waals surface area contributed by atoms with Gasteiger partial charge in [0.05, 0.1) is 18.1 Å². The van der Waals surface area contributed by atoms with Crippen LogP contribution in [0.5, 0.6) is 0 Å². The Kier molecular flexibility index (Phi) is 3.61. The Labute approximate surface area is 124 Å². The summed E-state index contributed by atoms with van der Waals surface area (Å²) in [6, 6.07) is -0.0564. The van der Waals surface area contributed by atoms with E-state index in [4.69, 9.17) is 4.74 Å².